The van der Waals surface area contributed by atoms with Crippen molar-refractivity contribution in [2.75, 3.05) is 17.7 Å². The van der Waals surface area contributed by atoms with Gasteiger partial charge in [-0.15, -0.1) is 10.2 Å². The van der Waals surface area contributed by atoms with E-state index in [-0.39, 0.29) is 11.6 Å². The molecule has 2 rings (SSSR count). The normalized spacial score (nSPS) is 9.89. The lowest BCUT2D eigenvalue weighted by Crippen LogP contribution is -2.15. The summed E-state index contributed by atoms with van der Waals surface area (Å²) < 4.78 is 0.707. The number of amides is 1. The first kappa shape index (κ1) is 12.4. The molecule has 0 atom stereocenters. The van der Waals surface area contributed by atoms with E-state index in [2.05, 4.69) is 41.7 Å². The molecule has 0 radical (unpaired) electrons. The van der Waals surface area contributed by atoms with Crippen molar-refractivity contribution in [3.63, 3.8) is 0 Å². The number of anilines is 2. The standard InChI is InChI=1S/C11H10BrN5O/c1-13-10-3-2-9(16-17-10)11(18)15-8-4-5-14-6-7(8)12/h2-6H,1H3,(H,13,17)(H,14,15,18). The number of aromatic nitrogens is 3. The summed E-state index contributed by atoms with van der Waals surface area (Å²) in [6, 6.07) is 4.98. The van der Waals surface area contributed by atoms with Crippen LogP contribution in [0.3, 0.4) is 0 Å². The molecule has 7 heteroatoms. The molecule has 2 aromatic rings. The molecule has 1 amide bonds. The second-order valence-corrected chi connectivity index (χ2v) is 4.22. The van der Waals surface area contributed by atoms with Crippen LogP contribution < -0.4 is 10.6 Å². The van der Waals surface area contributed by atoms with Gasteiger partial charge in [0.05, 0.1) is 10.2 Å². The fourth-order valence-corrected chi connectivity index (χ4v) is 1.60. The van der Waals surface area contributed by atoms with E-state index in [0.717, 1.165) is 0 Å². The average molecular weight is 308 g/mol. The lowest BCUT2D eigenvalue weighted by atomic mass is 10.3. The van der Waals surface area contributed by atoms with Crippen molar-refractivity contribution >= 4 is 33.3 Å². The fraction of sp³-hybridized carbons (Fsp3) is 0.0909. The van der Waals surface area contributed by atoms with Crippen LogP contribution in [0.15, 0.2) is 35.1 Å². The Morgan fingerprint density at radius 1 is 1.28 bits per heavy atom. The molecule has 0 aromatic carbocycles. The molecule has 0 aliphatic heterocycles. The molecule has 92 valence electrons. The van der Waals surface area contributed by atoms with Crippen LogP contribution >= 0.6 is 15.9 Å². The van der Waals surface area contributed by atoms with Crippen LogP contribution in [0.1, 0.15) is 10.5 Å². The van der Waals surface area contributed by atoms with Gasteiger partial charge in [0.15, 0.2) is 5.69 Å². The average Bonchev–Trinajstić information content (AvgIpc) is 2.41. The predicted molar refractivity (Wildman–Crippen MR) is 71.5 cm³/mol. The Kier molecular flexibility index (Phi) is 3.83. The van der Waals surface area contributed by atoms with Crippen molar-refractivity contribution in [1.29, 1.82) is 0 Å². The highest BCUT2D eigenvalue weighted by molar-refractivity contribution is 9.10. The van der Waals surface area contributed by atoms with Crippen molar-refractivity contribution in [2.45, 2.75) is 0 Å². The van der Waals surface area contributed by atoms with Crippen molar-refractivity contribution in [3.8, 4) is 0 Å². The highest BCUT2D eigenvalue weighted by Crippen LogP contribution is 2.20. The molecule has 2 heterocycles. The molecule has 0 bridgehead atoms. The van der Waals surface area contributed by atoms with Gasteiger partial charge in [0.1, 0.15) is 5.82 Å². The molecule has 0 unspecified atom stereocenters. The second kappa shape index (κ2) is 5.54. The summed E-state index contributed by atoms with van der Waals surface area (Å²) in [7, 11) is 1.73. The van der Waals surface area contributed by atoms with Gasteiger partial charge in [-0.3, -0.25) is 9.78 Å². The van der Waals surface area contributed by atoms with Crippen molar-refractivity contribution in [1.82, 2.24) is 15.2 Å². The summed E-state index contributed by atoms with van der Waals surface area (Å²) in [6.45, 7) is 0. The van der Waals surface area contributed by atoms with E-state index in [1.807, 2.05) is 0 Å². The zero-order valence-corrected chi connectivity index (χ0v) is 11.1. The SMILES string of the molecule is CNc1ccc(C(=O)Nc2ccncc2Br)nn1. The van der Waals surface area contributed by atoms with Crippen LogP contribution in [0, 0.1) is 0 Å². The van der Waals surface area contributed by atoms with Crippen LogP contribution in [-0.4, -0.2) is 28.1 Å². The van der Waals surface area contributed by atoms with E-state index >= 15 is 0 Å². The quantitative estimate of drug-likeness (QED) is 0.905. The monoisotopic (exact) mass is 307 g/mol. The molecule has 0 aliphatic carbocycles. The van der Waals surface area contributed by atoms with E-state index in [0.29, 0.717) is 16.0 Å². The Morgan fingerprint density at radius 2 is 2.11 bits per heavy atom. The zero-order chi connectivity index (χ0) is 13.0. The first-order valence-corrected chi connectivity index (χ1v) is 5.92. The van der Waals surface area contributed by atoms with Gasteiger partial charge in [0, 0.05) is 19.4 Å². The van der Waals surface area contributed by atoms with Gasteiger partial charge in [-0.25, -0.2) is 0 Å². The Balaban J connectivity index is 2.14. The van der Waals surface area contributed by atoms with E-state index < -0.39 is 0 Å². The Bertz CT molecular complexity index is 558. The number of hydrogen-bond acceptors (Lipinski definition) is 5. The van der Waals surface area contributed by atoms with E-state index in [4.69, 9.17) is 0 Å². The van der Waals surface area contributed by atoms with Gasteiger partial charge in [-0.1, -0.05) is 0 Å². The topological polar surface area (TPSA) is 79.8 Å². The Morgan fingerprint density at radius 3 is 2.72 bits per heavy atom. The molecule has 18 heavy (non-hydrogen) atoms. The molecule has 6 nitrogen and oxygen atoms in total. The molecule has 0 aliphatic rings. The van der Waals surface area contributed by atoms with Gasteiger partial charge in [0.2, 0.25) is 0 Å². The number of rotatable bonds is 3. The van der Waals surface area contributed by atoms with E-state index in [9.17, 15) is 4.79 Å². The minimum absolute atomic E-state index is 0.248. The molecule has 0 saturated heterocycles. The number of carbonyl (C=O) groups excluding carboxylic acids is 1. The van der Waals surface area contributed by atoms with Crippen molar-refractivity contribution < 1.29 is 4.79 Å². The second-order valence-electron chi connectivity index (χ2n) is 3.36. The molecule has 0 spiro atoms. The van der Waals surface area contributed by atoms with Crippen LogP contribution in [0.2, 0.25) is 0 Å². The fourth-order valence-electron chi connectivity index (χ4n) is 1.25. The molecule has 2 aromatic heterocycles. The van der Waals surface area contributed by atoms with Crippen LogP contribution in [-0.2, 0) is 0 Å². The van der Waals surface area contributed by atoms with Crippen LogP contribution in [0.5, 0.6) is 0 Å². The minimum atomic E-state index is -0.322. The number of halogens is 1. The van der Waals surface area contributed by atoms with Crippen molar-refractivity contribution in [2.24, 2.45) is 0 Å². The maximum atomic E-state index is 11.9. The first-order chi connectivity index (χ1) is 8.70. The molecule has 0 fully saturated rings. The summed E-state index contributed by atoms with van der Waals surface area (Å²) in [5.41, 5.74) is 0.882. The number of nitrogens with zero attached hydrogens (tertiary/aromatic N) is 3. The molecule has 0 saturated carbocycles. The number of nitrogens with one attached hydrogen (secondary N) is 2. The summed E-state index contributed by atoms with van der Waals surface area (Å²) in [4.78, 5) is 15.8. The molecular formula is C11H10BrN5O. The van der Waals surface area contributed by atoms with E-state index in [1.165, 1.54) is 0 Å². The summed E-state index contributed by atoms with van der Waals surface area (Å²) in [6.07, 6.45) is 3.20. The minimum Gasteiger partial charge on any atom is -0.372 e. The molecular weight excluding hydrogens is 298 g/mol. The van der Waals surface area contributed by atoms with Crippen LogP contribution in [0.25, 0.3) is 0 Å². The molecule has 2 N–H and O–H groups in total. The van der Waals surface area contributed by atoms with Gasteiger partial charge in [-0.2, -0.15) is 0 Å². The maximum Gasteiger partial charge on any atom is 0.276 e. The lowest BCUT2D eigenvalue weighted by Gasteiger charge is -2.06. The third kappa shape index (κ3) is 2.80. The smallest absolute Gasteiger partial charge is 0.276 e. The van der Waals surface area contributed by atoms with Gasteiger partial charge in [-0.05, 0) is 34.1 Å². The Hall–Kier alpha value is -2.02. The maximum absolute atomic E-state index is 11.9. The predicted octanol–water partition coefficient (Wildman–Crippen LogP) is 1.93. The summed E-state index contributed by atoms with van der Waals surface area (Å²) >= 11 is 3.30. The number of pyridine rings is 1. The summed E-state index contributed by atoms with van der Waals surface area (Å²) in [5, 5.41) is 13.2. The highest BCUT2D eigenvalue weighted by Gasteiger charge is 2.10. The largest absolute Gasteiger partial charge is 0.372 e. The Labute approximate surface area is 112 Å². The van der Waals surface area contributed by atoms with E-state index in [1.54, 1.807) is 37.6 Å². The van der Waals surface area contributed by atoms with Gasteiger partial charge in [0.25, 0.3) is 5.91 Å². The third-order valence-electron chi connectivity index (χ3n) is 2.17. The highest BCUT2D eigenvalue weighted by atomic mass is 79.9. The van der Waals surface area contributed by atoms with Gasteiger partial charge >= 0.3 is 0 Å². The lowest BCUT2D eigenvalue weighted by molar-refractivity contribution is 0.102. The first-order valence-electron chi connectivity index (χ1n) is 5.13. The zero-order valence-electron chi connectivity index (χ0n) is 9.51. The number of hydrogen-bond donors (Lipinski definition) is 2. The van der Waals surface area contributed by atoms with Crippen molar-refractivity contribution in [3.05, 3.63) is 40.8 Å². The van der Waals surface area contributed by atoms with Gasteiger partial charge < -0.3 is 10.6 Å². The summed E-state index contributed by atoms with van der Waals surface area (Å²) in [5.74, 6) is 0.286. The third-order valence-corrected chi connectivity index (χ3v) is 2.81. The van der Waals surface area contributed by atoms with Crippen LogP contribution in [0.4, 0.5) is 11.5 Å². The number of carbonyl (C=O) groups is 1.